The molecule has 210 valence electrons. The lowest BCUT2D eigenvalue weighted by atomic mass is 10.0. The summed E-state index contributed by atoms with van der Waals surface area (Å²) in [7, 11) is 0. The van der Waals surface area contributed by atoms with Crippen LogP contribution in [-0.4, -0.2) is 6.54 Å². The summed E-state index contributed by atoms with van der Waals surface area (Å²) in [6.45, 7) is 2.82. The second-order valence-electron chi connectivity index (χ2n) is 9.54. The molecule has 5 aromatic rings. The van der Waals surface area contributed by atoms with E-state index in [9.17, 15) is 0 Å². The van der Waals surface area contributed by atoms with Crippen LogP contribution in [0.5, 0.6) is 0 Å². The molecule has 0 aliphatic carbocycles. The highest BCUT2D eigenvalue weighted by Crippen LogP contribution is 2.36. The van der Waals surface area contributed by atoms with Crippen molar-refractivity contribution in [1.82, 2.24) is 0 Å². The van der Waals surface area contributed by atoms with E-state index in [1.807, 2.05) is 0 Å². The van der Waals surface area contributed by atoms with Crippen LogP contribution >= 0.6 is 63.7 Å². The van der Waals surface area contributed by atoms with Gasteiger partial charge in [0.05, 0.1) is 0 Å². The van der Waals surface area contributed by atoms with Gasteiger partial charge in [0.2, 0.25) is 0 Å². The van der Waals surface area contributed by atoms with E-state index < -0.39 is 0 Å². The molecule has 5 rings (SSSR count). The molecule has 0 fully saturated rings. The Balaban J connectivity index is 1.39. The third-order valence-corrected chi connectivity index (χ3v) is 8.92. The Morgan fingerprint density at radius 3 is 1.19 bits per heavy atom. The molecule has 0 atom stereocenters. The Hall–Kier alpha value is -2.90. The molecule has 0 aromatic heterocycles. The minimum absolute atomic E-state index is 0.736. The van der Waals surface area contributed by atoms with Crippen molar-refractivity contribution in [3.8, 4) is 0 Å². The first-order chi connectivity index (χ1) is 20.4. The maximum absolute atomic E-state index is 3.57. The van der Waals surface area contributed by atoms with Gasteiger partial charge in [-0.05, 0) is 127 Å². The molecule has 0 spiro atoms. The minimum atomic E-state index is 0.736. The second-order valence-corrected chi connectivity index (χ2v) is 13.2. The van der Waals surface area contributed by atoms with Gasteiger partial charge in [-0.1, -0.05) is 94.1 Å². The highest BCUT2D eigenvalue weighted by molar-refractivity contribution is 9.11. The van der Waals surface area contributed by atoms with Crippen molar-refractivity contribution in [3.63, 3.8) is 0 Å². The summed E-state index contributed by atoms with van der Waals surface area (Å²) in [4.78, 5) is 4.57. The van der Waals surface area contributed by atoms with Gasteiger partial charge in [-0.2, -0.15) is 0 Å². The number of allylic oxidation sites excluding steroid dienone is 3. The summed E-state index contributed by atoms with van der Waals surface area (Å²) in [6, 6.07) is 42.4. The van der Waals surface area contributed by atoms with E-state index in [4.69, 9.17) is 0 Å². The van der Waals surface area contributed by atoms with Crippen molar-refractivity contribution in [1.29, 1.82) is 0 Å². The molecule has 5 aromatic carbocycles. The van der Waals surface area contributed by atoms with Crippen molar-refractivity contribution in [2.75, 3.05) is 16.3 Å². The third kappa shape index (κ3) is 7.73. The molecule has 0 radical (unpaired) electrons. The Morgan fingerprint density at radius 2 is 0.833 bits per heavy atom. The molecule has 0 amide bonds. The van der Waals surface area contributed by atoms with Crippen LogP contribution in [-0.2, 0) is 0 Å². The normalized spacial score (nSPS) is 11.6. The van der Waals surface area contributed by atoms with Crippen molar-refractivity contribution in [3.05, 3.63) is 163 Å². The number of nitrogens with zero attached hydrogens (tertiary/aromatic N) is 2. The number of halogens is 4. The summed E-state index contributed by atoms with van der Waals surface area (Å²) in [5, 5.41) is 0. The number of rotatable bonds is 9. The summed E-state index contributed by atoms with van der Waals surface area (Å²) < 4.78 is 4.24. The van der Waals surface area contributed by atoms with E-state index in [1.165, 1.54) is 11.1 Å². The van der Waals surface area contributed by atoms with Gasteiger partial charge in [0, 0.05) is 52.9 Å². The molecule has 0 saturated heterocycles. The van der Waals surface area contributed by atoms with Crippen LogP contribution < -0.4 is 9.80 Å². The molecule has 0 aliphatic rings. The molecule has 0 saturated carbocycles. The number of hydrogen-bond acceptors (Lipinski definition) is 2. The fourth-order valence-corrected chi connectivity index (χ4v) is 5.73. The smallest absolute Gasteiger partial charge is 0.0462 e. The molecule has 0 bridgehead atoms. The maximum atomic E-state index is 3.57. The van der Waals surface area contributed by atoms with E-state index >= 15 is 0 Å². The Kier molecular flexibility index (Phi) is 10.6. The van der Waals surface area contributed by atoms with Gasteiger partial charge < -0.3 is 9.80 Å². The first-order valence-electron chi connectivity index (χ1n) is 13.4. The highest BCUT2D eigenvalue weighted by Gasteiger charge is 2.13. The lowest BCUT2D eigenvalue weighted by Gasteiger charge is -2.26. The van der Waals surface area contributed by atoms with Gasteiger partial charge in [-0.15, -0.1) is 0 Å². The van der Waals surface area contributed by atoms with E-state index in [-0.39, 0.29) is 0 Å². The highest BCUT2D eigenvalue weighted by atomic mass is 79.9. The zero-order chi connectivity index (χ0) is 29.5. The lowest BCUT2D eigenvalue weighted by molar-refractivity contribution is 1.09. The van der Waals surface area contributed by atoms with E-state index in [0.29, 0.717) is 0 Å². The molecule has 2 nitrogen and oxygen atoms in total. The summed E-state index contributed by atoms with van der Waals surface area (Å²) in [6.07, 6.45) is 6.60. The van der Waals surface area contributed by atoms with Gasteiger partial charge in [-0.25, -0.2) is 0 Å². The fourth-order valence-electron chi connectivity index (χ4n) is 4.68. The van der Waals surface area contributed by atoms with Crippen LogP contribution in [0.3, 0.4) is 0 Å². The SMILES string of the molecule is C/C=C(\C=C/CN(c1ccc(Br)cc1)c1ccc(Br)cc1)c1ccc(N(c2ccc(Br)cc2)c2ccc(Br)cc2)cc1. The van der Waals surface area contributed by atoms with E-state index in [0.717, 1.165) is 52.9 Å². The molecule has 6 heteroatoms. The zero-order valence-electron chi connectivity index (χ0n) is 22.9. The summed E-state index contributed by atoms with van der Waals surface area (Å²) in [5.74, 6) is 0. The zero-order valence-corrected chi connectivity index (χ0v) is 29.2. The third-order valence-electron chi connectivity index (χ3n) is 6.80. The quantitative estimate of drug-likeness (QED) is 0.137. The van der Waals surface area contributed by atoms with Gasteiger partial charge in [-0.3, -0.25) is 0 Å². The number of anilines is 5. The van der Waals surface area contributed by atoms with Gasteiger partial charge in [0.25, 0.3) is 0 Å². The standard InChI is InChI=1S/C36H28Br4N2/c1-2-26(4-3-25-41(32-17-7-28(37)8-18-32)33-19-9-29(38)10-20-33)27-5-15-34(16-6-27)42(35-21-11-30(39)12-22-35)36-23-13-31(40)14-24-36/h2-24H,25H2,1H3/b4-3-,26-2+. The molecule has 0 N–H and O–H groups in total. The van der Waals surface area contributed by atoms with Crippen LogP contribution in [0.15, 0.2) is 157 Å². The molecule has 0 unspecified atom stereocenters. The summed E-state index contributed by atoms with van der Waals surface area (Å²) in [5.41, 5.74) is 7.91. The molecule has 0 heterocycles. The molecule has 0 aliphatic heterocycles. The Labute approximate surface area is 281 Å². The average molecular weight is 808 g/mol. The Morgan fingerprint density at radius 1 is 0.500 bits per heavy atom. The first kappa shape index (κ1) is 30.6. The van der Waals surface area contributed by atoms with Gasteiger partial charge in [0.1, 0.15) is 0 Å². The van der Waals surface area contributed by atoms with E-state index in [1.54, 1.807) is 0 Å². The predicted octanol–water partition coefficient (Wildman–Crippen LogP) is 13.0. The first-order valence-corrected chi connectivity index (χ1v) is 16.6. The predicted molar refractivity (Wildman–Crippen MR) is 195 cm³/mol. The van der Waals surface area contributed by atoms with Crippen molar-refractivity contribution >= 4 is 97.7 Å². The average Bonchev–Trinajstić information content (AvgIpc) is 3.01. The fraction of sp³-hybridized carbons (Fsp3) is 0.0556. The second kappa shape index (κ2) is 14.5. The van der Waals surface area contributed by atoms with Crippen LogP contribution in [0, 0.1) is 0 Å². The molecular formula is C36H28Br4N2. The van der Waals surface area contributed by atoms with Crippen LogP contribution in [0.1, 0.15) is 12.5 Å². The Bertz CT molecular complexity index is 1570. The largest absolute Gasteiger partial charge is 0.338 e. The van der Waals surface area contributed by atoms with Gasteiger partial charge >= 0.3 is 0 Å². The summed E-state index contributed by atoms with van der Waals surface area (Å²) >= 11 is 14.3. The van der Waals surface area contributed by atoms with Crippen LogP contribution in [0.25, 0.3) is 5.57 Å². The van der Waals surface area contributed by atoms with E-state index in [2.05, 4.69) is 220 Å². The van der Waals surface area contributed by atoms with Crippen LogP contribution in [0.4, 0.5) is 28.4 Å². The van der Waals surface area contributed by atoms with Crippen molar-refractivity contribution in [2.45, 2.75) is 6.92 Å². The lowest BCUT2D eigenvalue weighted by Crippen LogP contribution is -2.16. The number of benzene rings is 5. The maximum Gasteiger partial charge on any atom is 0.0462 e. The van der Waals surface area contributed by atoms with Gasteiger partial charge in [0.15, 0.2) is 0 Å². The topological polar surface area (TPSA) is 6.48 Å². The van der Waals surface area contributed by atoms with Crippen LogP contribution in [0.2, 0.25) is 0 Å². The molecule has 42 heavy (non-hydrogen) atoms. The van der Waals surface area contributed by atoms with Crippen molar-refractivity contribution < 1.29 is 0 Å². The van der Waals surface area contributed by atoms with Crippen molar-refractivity contribution in [2.24, 2.45) is 0 Å². The number of hydrogen-bond donors (Lipinski definition) is 0. The molecular weight excluding hydrogens is 780 g/mol. The minimum Gasteiger partial charge on any atom is -0.338 e. The monoisotopic (exact) mass is 804 g/mol.